The molecule has 1 aliphatic rings. The first-order valence-electron chi connectivity index (χ1n) is 13.9. The molecule has 6 aromatic rings. The van der Waals surface area contributed by atoms with Crippen molar-refractivity contribution in [2.24, 2.45) is 0 Å². The minimum absolute atomic E-state index is 0.00613. The van der Waals surface area contributed by atoms with Crippen LogP contribution in [0.1, 0.15) is 47.6 Å². The van der Waals surface area contributed by atoms with E-state index in [1.54, 1.807) is 0 Å². The minimum atomic E-state index is -0.00613. The van der Waals surface area contributed by atoms with Gasteiger partial charge in [0.2, 0.25) is 5.89 Å². The Morgan fingerprint density at radius 1 is 0.575 bits per heavy atom. The van der Waals surface area contributed by atoms with E-state index in [0.29, 0.717) is 5.89 Å². The lowest BCUT2D eigenvalue weighted by molar-refractivity contribution is 0.590. The highest BCUT2D eigenvalue weighted by molar-refractivity contribution is 5.85. The molecule has 1 heterocycles. The molecule has 194 valence electrons. The van der Waals surface area contributed by atoms with Crippen LogP contribution in [-0.4, -0.2) is 4.98 Å². The third kappa shape index (κ3) is 4.17. The van der Waals surface area contributed by atoms with Crippen molar-refractivity contribution in [1.82, 2.24) is 4.98 Å². The maximum atomic E-state index is 5.97. The van der Waals surface area contributed by atoms with Gasteiger partial charge >= 0.3 is 0 Å². The number of benzene rings is 5. The second-order valence-electron chi connectivity index (χ2n) is 11.5. The van der Waals surface area contributed by atoms with E-state index < -0.39 is 0 Å². The first-order valence-corrected chi connectivity index (χ1v) is 13.9. The lowest BCUT2D eigenvalue weighted by Crippen LogP contribution is -2.15. The summed E-state index contributed by atoms with van der Waals surface area (Å²) in [5.74, 6) is 0.611. The number of oxazole rings is 1. The smallest absolute Gasteiger partial charge is 0.220 e. The predicted octanol–water partition coefficient (Wildman–Crippen LogP) is 10.3. The van der Waals surface area contributed by atoms with E-state index in [0.717, 1.165) is 27.8 Å². The van der Waals surface area contributed by atoms with E-state index in [1.807, 2.05) is 18.2 Å². The van der Waals surface area contributed by atoms with Crippen molar-refractivity contribution in [2.75, 3.05) is 0 Å². The zero-order chi connectivity index (χ0) is 27.4. The van der Waals surface area contributed by atoms with Crippen molar-refractivity contribution in [2.45, 2.75) is 33.1 Å². The summed E-state index contributed by atoms with van der Waals surface area (Å²) in [6.45, 7) is 8.95. The van der Waals surface area contributed by atoms with Gasteiger partial charge in [-0.1, -0.05) is 110 Å². The van der Waals surface area contributed by atoms with Gasteiger partial charge in [0.15, 0.2) is 5.58 Å². The molecule has 0 amide bonds. The van der Waals surface area contributed by atoms with Crippen LogP contribution in [0.3, 0.4) is 0 Å². The molecule has 0 saturated heterocycles. The Bertz CT molecular complexity index is 1920. The van der Waals surface area contributed by atoms with Crippen molar-refractivity contribution in [1.29, 1.82) is 0 Å². The third-order valence-corrected chi connectivity index (χ3v) is 8.28. The Morgan fingerprint density at radius 2 is 1.15 bits per heavy atom. The Kier molecular flexibility index (Phi) is 5.61. The summed E-state index contributed by atoms with van der Waals surface area (Å²) < 4.78 is 5.97. The zero-order valence-corrected chi connectivity index (χ0v) is 23.3. The highest BCUT2D eigenvalue weighted by Crippen LogP contribution is 2.49. The van der Waals surface area contributed by atoms with E-state index in [1.165, 1.54) is 44.5 Å². The quantitative estimate of drug-likeness (QED) is 0.232. The van der Waals surface area contributed by atoms with E-state index in [2.05, 4.69) is 125 Å². The molecule has 0 N–H and O–H groups in total. The van der Waals surface area contributed by atoms with Crippen LogP contribution in [0.5, 0.6) is 0 Å². The van der Waals surface area contributed by atoms with E-state index >= 15 is 0 Å². The van der Waals surface area contributed by atoms with Crippen molar-refractivity contribution in [3.63, 3.8) is 0 Å². The maximum Gasteiger partial charge on any atom is 0.220 e. The van der Waals surface area contributed by atoms with E-state index in [-0.39, 0.29) is 5.41 Å². The van der Waals surface area contributed by atoms with Gasteiger partial charge in [-0.3, -0.25) is 0 Å². The SMILES string of the molecule is Cc1ccc(C=Cc2nc3cc(-c4ccc(-c5ccc6c(c5)C(C)(C)c5cc(C)ccc5-6)cc4)ccc3o2)cc1. The highest BCUT2D eigenvalue weighted by Gasteiger charge is 2.35. The molecule has 0 radical (unpaired) electrons. The average Bonchev–Trinajstić information content (AvgIpc) is 3.48. The van der Waals surface area contributed by atoms with Crippen molar-refractivity contribution in [3.8, 4) is 33.4 Å². The number of aryl methyl sites for hydroxylation is 2. The summed E-state index contributed by atoms with van der Waals surface area (Å²) in [6.07, 6.45) is 3.96. The number of fused-ring (bicyclic) bond motifs is 4. The largest absolute Gasteiger partial charge is 0.437 e. The molecule has 40 heavy (non-hydrogen) atoms. The molecule has 5 aromatic carbocycles. The van der Waals surface area contributed by atoms with Gasteiger partial charge in [0.25, 0.3) is 0 Å². The van der Waals surface area contributed by atoms with Gasteiger partial charge in [-0.25, -0.2) is 4.98 Å². The van der Waals surface area contributed by atoms with Gasteiger partial charge in [0.05, 0.1) is 0 Å². The molecule has 0 spiro atoms. The molecular formula is C38H31NO. The summed E-state index contributed by atoms with van der Waals surface area (Å²) in [5, 5.41) is 0. The fraction of sp³-hybridized carbons (Fsp3) is 0.132. The Labute approximate surface area is 235 Å². The molecule has 0 saturated carbocycles. The summed E-state index contributed by atoms with van der Waals surface area (Å²) >= 11 is 0. The summed E-state index contributed by atoms with van der Waals surface area (Å²) in [4.78, 5) is 4.71. The van der Waals surface area contributed by atoms with Crippen LogP contribution in [0, 0.1) is 13.8 Å². The van der Waals surface area contributed by atoms with Gasteiger partial charge in [-0.05, 0) is 88.2 Å². The number of rotatable bonds is 4. The first-order chi connectivity index (χ1) is 19.3. The van der Waals surface area contributed by atoms with E-state index in [4.69, 9.17) is 9.40 Å². The van der Waals surface area contributed by atoms with Crippen LogP contribution in [0.2, 0.25) is 0 Å². The summed E-state index contributed by atoms with van der Waals surface area (Å²) in [6, 6.07) is 37.2. The van der Waals surface area contributed by atoms with Gasteiger partial charge in [-0.2, -0.15) is 0 Å². The minimum Gasteiger partial charge on any atom is -0.437 e. The third-order valence-electron chi connectivity index (χ3n) is 8.28. The monoisotopic (exact) mass is 517 g/mol. The average molecular weight is 518 g/mol. The molecule has 1 aliphatic carbocycles. The molecule has 0 fully saturated rings. The Hall–Kier alpha value is -4.69. The van der Waals surface area contributed by atoms with Gasteiger partial charge in [0.1, 0.15) is 5.52 Å². The van der Waals surface area contributed by atoms with Crippen LogP contribution in [0.25, 0.3) is 56.6 Å². The maximum absolute atomic E-state index is 5.97. The van der Waals surface area contributed by atoms with Gasteiger partial charge in [0, 0.05) is 11.5 Å². The fourth-order valence-corrected chi connectivity index (χ4v) is 5.93. The van der Waals surface area contributed by atoms with Crippen LogP contribution in [-0.2, 0) is 5.41 Å². The lowest BCUT2D eigenvalue weighted by Gasteiger charge is -2.22. The topological polar surface area (TPSA) is 26.0 Å². The number of hydrogen-bond acceptors (Lipinski definition) is 2. The van der Waals surface area contributed by atoms with Crippen molar-refractivity contribution in [3.05, 3.63) is 137 Å². The van der Waals surface area contributed by atoms with Crippen LogP contribution in [0.15, 0.2) is 108 Å². The first kappa shape index (κ1) is 24.4. The molecule has 2 nitrogen and oxygen atoms in total. The molecule has 7 rings (SSSR count). The fourth-order valence-electron chi connectivity index (χ4n) is 5.93. The summed E-state index contributed by atoms with van der Waals surface area (Å²) in [7, 11) is 0. The molecule has 2 heteroatoms. The molecule has 0 atom stereocenters. The van der Waals surface area contributed by atoms with Crippen LogP contribution >= 0.6 is 0 Å². The Morgan fingerprint density at radius 3 is 1.88 bits per heavy atom. The zero-order valence-electron chi connectivity index (χ0n) is 23.3. The molecule has 0 bridgehead atoms. The predicted molar refractivity (Wildman–Crippen MR) is 167 cm³/mol. The molecule has 0 aliphatic heterocycles. The lowest BCUT2D eigenvalue weighted by atomic mass is 9.81. The second-order valence-corrected chi connectivity index (χ2v) is 11.5. The van der Waals surface area contributed by atoms with Crippen LogP contribution in [0.4, 0.5) is 0 Å². The molecular weight excluding hydrogens is 486 g/mol. The van der Waals surface area contributed by atoms with Gasteiger partial charge < -0.3 is 4.42 Å². The van der Waals surface area contributed by atoms with Crippen LogP contribution < -0.4 is 0 Å². The van der Waals surface area contributed by atoms with Crippen molar-refractivity contribution >= 4 is 23.3 Å². The Balaban J connectivity index is 1.15. The molecule has 0 unspecified atom stereocenters. The van der Waals surface area contributed by atoms with Gasteiger partial charge in [-0.15, -0.1) is 0 Å². The number of aromatic nitrogens is 1. The van der Waals surface area contributed by atoms with Crippen molar-refractivity contribution < 1.29 is 4.42 Å². The second kappa shape index (κ2) is 9.20. The van der Waals surface area contributed by atoms with E-state index in [9.17, 15) is 0 Å². The number of nitrogens with zero attached hydrogens (tertiary/aromatic N) is 1. The highest BCUT2D eigenvalue weighted by atomic mass is 16.3. The number of hydrogen-bond donors (Lipinski definition) is 0. The summed E-state index contributed by atoms with van der Waals surface area (Å²) in [5.41, 5.74) is 15.6. The normalized spacial score (nSPS) is 13.6. The molecule has 1 aromatic heterocycles. The standard InChI is InChI=1S/C38H31NO/c1-24-5-8-26(9-6-24)10-20-37-39-35-23-30(16-19-36(35)40-37)28-13-11-27(12-14-28)29-15-18-32-31-17-7-25(2)21-33(31)38(3,4)34(32)22-29/h5-23H,1-4H3.